The molecule has 0 saturated carbocycles. The van der Waals surface area contributed by atoms with Crippen molar-refractivity contribution in [2.45, 2.75) is 27.2 Å². The van der Waals surface area contributed by atoms with Crippen LogP contribution < -0.4 is 5.32 Å². The normalized spacial score (nSPS) is 10.5. The zero-order valence-corrected chi connectivity index (χ0v) is 12.0. The molecule has 0 radical (unpaired) electrons. The molecule has 1 heterocycles. The number of hydrogen-bond donors (Lipinski definition) is 2. The number of para-hydroxylation sites is 1. The lowest BCUT2D eigenvalue weighted by Gasteiger charge is -2.11. The predicted octanol–water partition coefficient (Wildman–Crippen LogP) is 3.76. The van der Waals surface area contributed by atoms with Crippen molar-refractivity contribution in [3.8, 4) is 0 Å². The highest BCUT2D eigenvalue weighted by atomic mass is 32.1. The summed E-state index contributed by atoms with van der Waals surface area (Å²) in [6.45, 7) is 5.83. The third-order valence-electron chi connectivity index (χ3n) is 2.96. The number of carbonyl (C=O) groups is 1. The number of rotatable bonds is 4. The van der Waals surface area contributed by atoms with Crippen LogP contribution in [0.5, 0.6) is 0 Å². The van der Waals surface area contributed by atoms with E-state index < -0.39 is 5.97 Å². The Morgan fingerprint density at radius 1 is 1.42 bits per heavy atom. The fourth-order valence-corrected chi connectivity index (χ4v) is 2.77. The third kappa shape index (κ3) is 2.76. The quantitative estimate of drug-likeness (QED) is 0.892. The van der Waals surface area contributed by atoms with E-state index in [4.69, 9.17) is 5.11 Å². The maximum atomic E-state index is 11.0. The maximum absolute atomic E-state index is 11.0. The third-order valence-corrected chi connectivity index (χ3v) is 4.02. The van der Waals surface area contributed by atoms with Crippen LogP contribution in [0.15, 0.2) is 18.2 Å². The SMILES string of the molecule is CCc1cccc(C)c1Nc1nc(C)c(C(=O)O)s1. The molecule has 0 fully saturated rings. The van der Waals surface area contributed by atoms with Gasteiger partial charge in [0.25, 0.3) is 0 Å². The summed E-state index contributed by atoms with van der Waals surface area (Å²) in [7, 11) is 0. The molecule has 0 amide bonds. The number of carboxylic acids is 1. The van der Waals surface area contributed by atoms with Gasteiger partial charge in [-0.2, -0.15) is 0 Å². The number of nitrogens with zero attached hydrogens (tertiary/aromatic N) is 1. The number of anilines is 2. The van der Waals surface area contributed by atoms with E-state index in [-0.39, 0.29) is 4.88 Å². The molecule has 19 heavy (non-hydrogen) atoms. The van der Waals surface area contributed by atoms with Gasteiger partial charge in [-0.25, -0.2) is 9.78 Å². The number of aryl methyl sites for hydroxylation is 3. The summed E-state index contributed by atoms with van der Waals surface area (Å²) in [4.78, 5) is 15.6. The highest BCUT2D eigenvalue weighted by Gasteiger charge is 2.15. The van der Waals surface area contributed by atoms with Gasteiger partial charge in [0.2, 0.25) is 0 Å². The number of hydrogen-bond acceptors (Lipinski definition) is 4. The highest BCUT2D eigenvalue weighted by Crippen LogP contribution is 2.29. The lowest BCUT2D eigenvalue weighted by molar-refractivity contribution is 0.0701. The van der Waals surface area contributed by atoms with Gasteiger partial charge in [0.1, 0.15) is 4.88 Å². The molecule has 0 atom stereocenters. The molecule has 2 N–H and O–H groups in total. The van der Waals surface area contributed by atoms with Crippen LogP contribution in [0.2, 0.25) is 0 Å². The Kier molecular flexibility index (Phi) is 3.85. The first kappa shape index (κ1) is 13.5. The van der Waals surface area contributed by atoms with Gasteiger partial charge in [-0.3, -0.25) is 0 Å². The molecule has 0 spiro atoms. The molecule has 0 unspecified atom stereocenters. The molecule has 2 aromatic rings. The molecule has 5 heteroatoms. The average molecular weight is 276 g/mol. The maximum Gasteiger partial charge on any atom is 0.347 e. The largest absolute Gasteiger partial charge is 0.477 e. The van der Waals surface area contributed by atoms with Gasteiger partial charge in [-0.05, 0) is 31.4 Å². The van der Waals surface area contributed by atoms with Gasteiger partial charge in [0.15, 0.2) is 5.13 Å². The molecule has 100 valence electrons. The summed E-state index contributed by atoms with van der Waals surface area (Å²) in [5.41, 5.74) is 3.90. The first-order valence-corrected chi connectivity index (χ1v) is 6.90. The molecule has 0 saturated heterocycles. The topological polar surface area (TPSA) is 62.2 Å². The number of thiazole rings is 1. The molecule has 1 aromatic carbocycles. The smallest absolute Gasteiger partial charge is 0.347 e. The van der Waals surface area contributed by atoms with E-state index >= 15 is 0 Å². The van der Waals surface area contributed by atoms with Crippen molar-refractivity contribution in [3.05, 3.63) is 39.9 Å². The predicted molar refractivity (Wildman–Crippen MR) is 77.7 cm³/mol. The van der Waals surface area contributed by atoms with E-state index in [1.807, 2.05) is 19.1 Å². The van der Waals surface area contributed by atoms with Gasteiger partial charge >= 0.3 is 5.97 Å². The lowest BCUT2D eigenvalue weighted by atomic mass is 10.1. The van der Waals surface area contributed by atoms with Gasteiger partial charge in [0, 0.05) is 5.69 Å². The molecular formula is C14H16N2O2S. The minimum Gasteiger partial charge on any atom is -0.477 e. The Bertz CT molecular complexity index is 620. The Morgan fingerprint density at radius 3 is 2.74 bits per heavy atom. The van der Waals surface area contributed by atoms with Crippen LogP contribution in [0, 0.1) is 13.8 Å². The minimum absolute atomic E-state index is 0.286. The standard InChI is InChI=1S/C14H16N2O2S/c1-4-10-7-5-6-8(2)11(10)16-14-15-9(3)12(19-14)13(17)18/h5-7H,4H2,1-3H3,(H,15,16)(H,17,18). The van der Waals surface area contributed by atoms with E-state index in [0.29, 0.717) is 10.8 Å². The Morgan fingerprint density at radius 2 is 2.16 bits per heavy atom. The molecule has 0 aliphatic carbocycles. The van der Waals surface area contributed by atoms with Crippen molar-refractivity contribution in [1.82, 2.24) is 4.98 Å². The monoisotopic (exact) mass is 276 g/mol. The Labute approximate surface area is 116 Å². The number of aromatic carboxylic acids is 1. The lowest BCUT2D eigenvalue weighted by Crippen LogP contribution is -1.97. The van der Waals surface area contributed by atoms with Crippen molar-refractivity contribution in [2.24, 2.45) is 0 Å². The fourth-order valence-electron chi connectivity index (χ4n) is 1.96. The minimum atomic E-state index is -0.927. The zero-order valence-electron chi connectivity index (χ0n) is 11.2. The molecule has 1 aromatic heterocycles. The first-order chi connectivity index (χ1) is 9.02. The summed E-state index contributed by atoms with van der Waals surface area (Å²) in [5.74, 6) is -0.927. The van der Waals surface area contributed by atoms with Crippen LogP contribution in [0.25, 0.3) is 0 Å². The summed E-state index contributed by atoms with van der Waals surface area (Å²) in [6.07, 6.45) is 0.917. The molecule has 0 aliphatic heterocycles. The van der Waals surface area contributed by atoms with E-state index in [2.05, 4.69) is 23.3 Å². The van der Waals surface area contributed by atoms with Crippen molar-refractivity contribution in [3.63, 3.8) is 0 Å². The van der Waals surface area contributed by atoms with Gasteiger partial charge < -0.3 is 10.4 Å². The molecule has 4 nitrogen and oxygen atoms in total. The zero-order chi connectivity index (χ0) is 14.0. The summed E-state index contributed by atoms with van der Waals surface area (Å²) >= 11 is 1.17. The number of aromatic nitrogens is 1. The Balaban J connectivity index is 2.36. The molecular weight excluding hydrogens is 260 g/mol. The van der Waals surface area contributed by atoms with E-state index in [0.717, 1.165) is 17.7 Å². The van der Waals surface area contributed by atoms with Crippen LogP contribution >= 0.6 is 11.3 Å². The summed E-state index contributed by atoms with van der Waals surface area (Å²) in [5, 5.41) is 12.9. The van der Waals surface area contributed by atoms with Crippen LogP contribution in [-0.2, 0) is 6.42 Å². The summed E-state index contributed by atoms with van der Waals surface area (Å²) in [6, 6.07) is 6.11. The second kappa shape index (κ2) is 5.40. The number of nitrogens with one attached hydrogen (secondary N) is 1. The summed E-state index contributed by atoms with van der Waals surface area (Å²) < 4.78 is 0. The highest BCUT2D eigenvalue weighted by molar-refractivity contribution is 7.17. The van der Waals surface area contributed by atoms with Gasteiger partial charge in [0.05, 0.1) is 5.69 Å². The van der Waals surface area contributed by atoms with Gasteiger partial charge in [-0.1, -0.05) is 36.5 Å². The molecule has 0 bridgehead atoms. The Hall–Kier alpha value is -1.88. The van der Waals surface area contributed by atoms with E-state index in [1.54, 1.807) is 6.92 Å². The van der Waals surface area contributed by atoms with Crippen molar-refractivity contribution in [2.75, 3.05) is 5.32 Å². The second-order valence-corrected chi connectivity index (χ2v) is 5.33. The number of benzene rings is 1. The number of carboxylic acid groups (broad SMARTS) is 1. The van der Waals surface area contributed by atoms with Crippen LogP contribution in [0.3, 0.4) is 0 Å². The van der Waals surface area contributed by atoms with Crippen LogP contribution in [0.1, 0.15) is 33.4 Å². The van der Waals surface area contributed by atoms with E-state index in [9.17, 15) is 4.79 Å². The van der Waals surface area contributed by atoms with Crippen LogP contribution in [0.4, 0.5) is 10.8 Å². The molecule has 2 rings (SSSR count). The second-order valence-electron chi connectivity index (χ2n) is 4.33. The van der Waals surface area contributed by atoms with Crippen molar-refractivity contribution >= 4 is 28.1 Å². The van der Waals surface area contributed by atoms with Crippen molar-refractivity contribution in [1.29, 1.82) is 0 Å². The van der Waals surface area contributed by atoms with Crippen molar-refractivity contribution < 1.29 is 9.90 Å². The van der Waals surface area contributed by atoms with E-state index in [1.165, 1.54) is 16.9 Å². The van der Waals surface area contributed by atoms with Gasteiger partial charge in [-0.15, -0.1) is 0 Å². The fraction of sp³-hybridized carbons (Fsp3) is 0.286. The average Bonchev–Trinajstić information content (AvgIpc) is 2.73. The first-order valence-electron chi connectivity index (χ1n) is 6.09. The molecule has 0 aliphatic rings. The van der Waals surface area contributed by atoms with Crippen LogP contribution in [-0.4, -0.2) is 16.1 Å².